The summed E-state index contributed by atoms with van der Waals surface area (Å²) in [6.45, 7) is 0. The lowest BCUT2D eigenvalue weighted by Gasteiger charge is -2.32. The minimum absolute atomic E-state index is 0.217. The topological polar surface area (TPSA) is 80.8 Å². The van der Waals surface area contributed by atoms with Crippen molar-refractivity contribution in [2.45, 2.75) is 29.7 Å². The number of halogens is 9. The van der Waals surface area contributed by atoms with Crippen molar-refractivity contribution in [3.63, 3.8) is 0 Å². The molecule has 6 nitrogen and oxygen atoms in total. The number of alkyl halides is 9. The minimum atomic E-state index is -7.54. The van der Waals surface area contributed by atoms with Crippen LogP contribution in [0.25, 0.3) is 0 Å². The number of amides is 2. The maximum Gasteiger partial charge on any atom is 0.460 e. The normalized spacial score (nSPS) is 25.5. The number of nitrogens with zero attached hydrogens (tertiary/aromatic N) is 1. The van der Waals surface area contributed by atoms with E-state index in [1.807, 2.05) is 0 Å². The molecule has 0 aromatic rings. The predicted molar refractivity (Wildman–Crippen MR) is 70.5 cm³/mol. The third-order valence-corrected chi connectivity index (χ3v) is 5.78. The number of allylic oxidation sites excluding steroid dienone is 2. The average Bonchev–Trinajstić information content (AvgIpc) is 3.23. The average molecular weight is 459 g/mol. The number of carbonyl (C=O) groups is 2. The number of rotatable bonds is 5. The molecule has 29 heavy (non-hydrogen) atoms. The van der Waals surface area contributed by atoms with Gasteiger partial charge in [0.1, 0.15) is 0 Å². The van der Waals surface area contributed by atoms with E-state index >= 15 is 0 Å². The van der Waals surface area contributed by atoms with Crippen molar-refractivity contribution in [3.8, 4) is 0 Å². The zero-order valence-electron chi connectivity index (χ0n) is 13.3. The van der Waals surface area contributed by atoms with Gasteiger partial charge in [-0.15, -0.1) is 9.35 Å². The molecule has 0 aromatic heterocycles. The Labute approximate surface area is 154 Å². The summed E-state index contributed by atoms with van der Waals surface area (Å²) in [5.41, 5.74) is -0.734. The van der Waals surface area contributed by atoms with Crippen LogP contribution >= 0.6 is 0 Å². The first-order valence-corrected chi connectivity index (χ1v) is 8.75. The van der Waals surface area contributed by atoms with Crippen LogP contribution < -0.4 is 0 Å². The van der Waals surface area contributed by atoms with E-state index in [1.54, 1.807) is 0 Å². The molecule has 16 heteroatoms. The molecule has 0 saturated heterocycles. The highest BCUT2D eigenvalue weighted by Gasteiger charge is 2.86. The van der Waals surface area contributed by atoms with Gasteiger partial charge in [-0.05, 0) is 6.42 Å². The van der Waals surface area contributed by atoms with E-state index < -0.39 is 62.1 Å². The van der Waals surface area contributed by atoms with Crippen molar-refractivity contribution in [1.82, 2.24) is 5.06 Å². The Morgan fingerprint density at radius 3 is 1.62 bits per heavy atom. The van der Waals surface area contributed by atoms with Gasteiger partial charge in [0.15, 0.2) is 0 Å². The molecule has 2 amide bonds. The molecular weight excluding hydrogens is 453 g/mol. The van der Waals surface area contributed by atoms with E-state index in [-0.39, 0.29) is 17.6 Å². The molecule has 0 N–H and O–H groups in total. The number of hydrogen-bond acceptors (Lipinski definition) is 5. The number of fused-ring (bicyclic) bond motifs is 4. The maximum atomic E-state index is 13.7. The monoisotopic (exact) mass is 459 g/mol. The lowest BCUT2D eigenvalue weighted by Crippen LogP contribution is -2.64. The van der Waals surface area contributed by atoms with Gasteiger partial charge in [0, 0.05) is 23.0 Å². The number of hydroxylamine groups is 2. The van der Waals surface area contributed by atoms with Gasteiger partial charge in [-0.25, -0.2) is 0 Å². The van der Waals surface area contributed by atoms with Crippen molar-refractivity contribution in [3.05, 3.63) is 23.3 Å². The molecule has 2 unspecified atom stereocenters. The van der Waals surface area contributed by atoms with Crippen LogP contribution in [0, 0.1) is 11.8 Å². The number of imide groups is 1. The van der Waals surface area contributed by atoms with Gasteiger partial charge < -0.3 is 0 Å². The summed E-state index contributed by atoms with van der Waals surface area (Å²) in [5.74, 6) is -19.8. The van der Waals surface area contributed by atoms with Gasteiger partial charge in [-0.3, -0.25) is 9.59 Å². The first-order valence-electron chi connectivity index (χ1n) is 7.34. The van der Waals surface area contributed by atoms with Crippen molar-refractivity contribution < 1.29 is 61.8 Å². The fourth-order valence-electron chi connectivity index (χ4n) is 3.12. The van der Waals surface area contributed by atoms with Crippen LogP contribution in [0.1, 0.15) is 6.42 Å². The minimum Gasteiger partial charge on any atom is -0.267 e. The molecule has 0 saturated carbocycles. The summed E-state index contributed by atoms with van der Waals surface area (Å²) in [5, 5.41) is -8.05. The van der Waals surface area contributed by atoms with Crippen LogP contribution in [0.4, 0.5) is 39.5 Å². The van der Waals surface area contributed by atoms with Gasteiger partial charge >= 0.3 is 33.4 Å². The largest absolute Gasteiger partial charge is 0.460 e. The van der Waals surface area contributed by atoms with Crippen molar-refractivity contribution >= 4 is 21.9 Å². The molecule has 1 heterocycles. The van der Waals surface area contributed by atoms with Gasteiger partial charge in [-0.1, -0.05) is 12.2 Å². The second-order valence-corrected chi connectivity index (χ2v) is 7.83. The van der Waals surface area contributed by atoms with Crippen LogP contribution in [0.2, 0.25) is 0 Å². The Bertz CT molecular complexity index is 932. The fraction of sp³-hybridized carbons (Fsp3) is 0.538. The zero-order chi connectivity index (χ0) is 22.4. The lowest BCUT2D eigenvalue weighted by molar-refractivity contribution is -0.383. The van der Waals surface area contributed by atoms with E-state index in [1.165, 1.54) is 12.2 Å². The molecule has 3 aliphatic rings. The second kappa shape index (κ2) is 5.74. The van der Waals surface area contributed by atoms with Crippen LogP contribution in [-0.2, 0) is 24.0 Å². The van der Waals surface area contributed by atoms with Crippen molar-refractivity contribution in [1.29, 1.82) is 0 Å². The van der Waals surface area contributed by atoms with Gasteiger partial charge in [0.2, 0.25) is 0 Å². The Hall–Kier alpha value is -2.10. The van der Waals surface area contributed by atoms with Crippen LogP contribution in [0.3, 0.4) is 0 Å². The summed E-state index contributed by atoms with van der Waals surface area (Å²) in [7, 11) is -7.38. The van der Waals surface area contributed by atoms with Crippen LogP contribution in [-0.4, -0.2) is 48.6 Å². The third kappa shape index (κ3) is 2.57. The maximum absolute atomic E-state index is 13.7. The molecule has 162 valence electrons. The highest BCUT2D eigenvalue weighted by molar-refractivity contribution is 7.87. The standard InChI is InChI=1S/C13H6F9NO5S/c14-10(15,12(18,19)20)11(16,17)13(21,22)29(26,27)28-23-8(24)6-4-1-2-5(3-4)7(6)9(23)25/h1-2,4-5H,3H2. The Kier molecular flexibility index (Phi) is 4.28. The summed E-state index contributed by atoms with van der Waals surface area (Å²) in [6.07, 6.45) is -4.21. The molecule has 1 aliphatic heterocycles. The van der Waals surface area contributed by atoms with Crippen LogP contribution in [0.5, 0.6) is 0 Å². The zero-order valence-corrected chi connectivity index (χ0v) is 14.1. The highest BCUT2D eigenvalue weighted by atomic mass is 32.2. The van der Waals surface area contributed by atoms with Gasteiger partial charge in [0.05, 0.1) is 0 Å². The molecule has 2 aliphatic carbocycles. The Balaban J connectivity index is 1.92. The van der Waals surface area contributed by atoms with E-state index in [9.17, 15) is 57.5 Å². The summed E-state index contributed by atoms with van der Waals surface area (Å²) < 4.78 is 142. The van der Waals surface area contributed by atoms with E-state index in [0.717, 1.165) is 0 Å². The lowest BCUT2D eigenvalue weighted by atomic mass is 9.99. The molecule has 0 aromatic carbocycles. The summed E-state index contributed by atoms with van der Waals surface area (Å²) in [6, 6.07) is 0. The molecule has 3 rings (SSSR count). The van der Waals surface area contributed by atoms with E-state index in [2.05, 4.69) is 4.28 Å². The van der Waals surface area contributed by atoms with E-state index in [0.29, 0.717) is 0 Å². The van der Waals surface area contributed by atoms with Crippen LogP contribution in [0.15, 0.2) is 23.3 Å². The first kappa shape index (κ1) is 21.6. The molecule has 2 bridgehead atoms. The molecular formula is C13H6F9NO5S. The predicted octanol–water partition coefficient (Wildman–Crippen LogP) is 2.54. The molecule has 2 atom stereocenters. The van der Waals surface area contributed by atoms with Gasteiger partial charge in [-0.2, -0.15) is 47.9 Å². The highest BCUT2D eigenvalue weighted by Crippen LogP contribution is 2.55. The third-order valence-electron chi connectivity index (χ3n) is 4.55. The molecule has 0 fully saturated rings. The second-order valence-electron chi connectivity index (χ2n) is 6.26. The summed E-state index contributed by atoms with van der Waals surface area (Å²) >= 11 is 0. The fourth-order valence-corrected chi connectivity index (χ4v) is 3.98. The van der Waals surface area contributed by atoms with Crippen molar-refractivity contribution in [2.24, 2.45) is 11.8 Å². The molecule has 0 spiro atoms. The number of hydrogen-bond donors (Lipinski definition) is 0. The number of carbonyl (C=O) groups excluding carboxylic acids is 2. The smallest absolute Gasteiger partial charge is 0.267 e. The quantitative estimate of drug-likeness (QED) is 0.359. The van der Waals surface area contributed by atoms with Gasteiger partial charge in [0.25, 0.3) is 11.8 Å². The van der Waals surface area contributed by atoms with Crippen molar-refractivity contribution in [2.75, 3.05) is 0 Å². The Morgan fingerprint density at radius 1 is 0.828 bits per heavy atom. The van der Waals surface area contributed by atoms with E-state index in [4.69, 9.17) is 0 Å². The SMILES string of the molecule is O=C1C2=C(C(=O)N1OS(=O)(=O)C(F)(F)C(F)(F)C(F)(F)C(F)(F)F)C1C=CC2C1. The molecule has 0 radical (unpaired) electrons. The Morgan fingerprint density at radius 2 is 1.24 bits per heavy atom. The summed E-state index contributed by atoms with van der Waals surface area (Å²) in [4.78, 5) is 24.1. The first-order chi connectivity index (χ1) is 12.9.